The molecule has 1 fully saturated rings. The van der Waals surface area contributed by atoms with Crippen LogP contribution in [0, 0.1) is 0 Å². The summed E-state index contributed by atoms with van der Waals surface area (Å²) in [4.78, 5) is 12.6. The van der Waals surface area contributed by atoms with E-state index in [0.29, 0.717) is 18.6 Å². The Balaban J connectivity index is 1.62. The molecular formula is C30H39NO2Si2. The van der Waals surface area contributed by atoms with Crippen molar-refractivity contribution in [2.45, 2.75) is 63.3 Å². The molecular weight excluding hydrogens is 463 g/mol. The second kappa shape index (κ2) is 10.3. The highest BCUT2D eigenvalue weighted by Crippen LogP contribution is 2.38. The molecule has 0 saturated carbocycles. The maximum Gasteiger partial charge on any atom is 0.261 e. The van der Waals surface area contributed by atoms with E-state index in [1.165, 1.54) is 15.6 Å². The van der Waals surface area contributed by atoms with Crippen LogP contribution in [0.1, 0.15) is 33.6 Å². The largest absolute Gasteiger partial charge is 0.407 e. The lowest BCUT2D eigenvalue weighted by Crippen LogP contribution is -2.66. The van der Waals surface area contributed by atoms with Gasteiger partial charge in [-0.1, -0.05) is 130 Å². The minimum Gasteiger partial charge on any atom is -0.407 e. The van der Waals surface area contributed by atoms with Gasteiger partial charge in [0.05, 0.1) is 8.07 Å². The van der Waals surface area contributed by atoms with Gasteiger partial charge in [0.25, 0.3) is 8.32 Å². The third-order valence-electron chi connectivity index (χ3n) is 7.85. The molecule has 4 rings (SSSR count). The number of benzene rings is 3. The highest BCUT2D eigenvalue weighted by molar-refractivity contribution is 6.99. The van der Waals surface area contributed by atoms with E-state index in [2.05, 4.69) is 130 Å². The van der Waals surface area contributed by atoms with Crippen LogP contribution in [0.3, 0.4) is 0 Å². The molecule has 184 valence electrons. The summed E-state index contributed by atoms with van der Waals surface area (Å²) in [6.07, 6.45) is 1.46. The van der Waals surface area contributed by atoms with Crippen molar-refractivity contribution in [2.24, 2.45) is 0 Å². The van der Waals surface area contributed by atoms with E-state index >= 15 is 0 Å². The van der Waals surface area contributed by atoms with Crippen LogP contribution >= 0.6 is 0 Å². The molecule has 1 aliphatic rings. The van der Waals surface area contributed by atoms with Gasteiger partial charge < -0.3 is 9.74 Å². The van der Waals surface area contributed by atoms with E-state index < -0.39 is 16.4 Å². The fraction of sp³-hybridized carbons (Fsp3) is 0.367. The highest BCUT2D eigenvalue weighted by atomic mass is 28.4. The Morgan fingerprint density at radius 3 is 1.71 bits per heavy atom. The lowest BCUT2D eigenvalue weighted by molar-refractivity contribution is -0.119. The number of nitrogens with one attached hydrogen (secondary N) is 1. The Labute approximate surface area is 213 Å². The van der Waals surface area contributed by atoms with Crippen LogP contribution in [0.4, 0.5) is 0 Å². The quantitative estimate of drug-likeness (QED) is 0.449. The van der Waals surface area contributed by atoms with Crippen molar-refractivity contribution in [1.29, 1.82) is 0 Å². The van der Waals surface area contributed by atoms with Crippen LogP contribution in [-0.2, 0) is 9.22 Å². The van der Waals surface area contributed by atoms with Crippen molar-refractivity contribution in [3.05, 3.63) is 91.0 Å². The lowest BCUT2D eigenvalue weighted by atomic mass is 10.1. The molecule has 0 unspecified atom stereocenters. The molecule has 35 heavy (non-hydrogen) atoms. The molecule has 0 aromatic heterocycles. The van der Waals surface area contributed by atoms with Gasteiger partial charge in [-0.05, 0) is 27.4 Å². The third kappa shape index (κ3) is 5.08. The monoisotopic (exact) mass is 501 g/mol. The Bertz CT molecular complexity index is 1070. The van der Waals surface area contributed by atoms with E-state index in [1.54, 1.807) is 0 Å². The molecule has 0 bridgehead atoms. The average molecular weight is 502 g/mol. The van der Waals surface area contributed by atoms with Gasteiger partial charge in [-0.2, -0.15) is 0 Å². The molecule has 3 nitrogen and oxygen atoms in total. The van der Waals surface area contributed by atoms with Crippen LogP contribution in [0.25, 0.3) is 0 Å². The Morgan fingerprint density at radius 2 is 1.26 bits per heavy atom. The van der Waals surface area contributed by atoms with Crippen molar-refractivity contribution in [3.63, 3.8) is 0 Å². The standard InChI is InChI=1S/C30H39NO2Si2/c1-30(2,3)35(25-17-11-7-12-18-25,26-19-13-8-14-20-26)33-22-21-27-28(23-29(32)31-27)34(4,5)24-15-9-6-10-16-24/h6-20,27-28H,21-23H2,1-5H3,(H,31,32)/t27-,28+/m1/s1. The van der Waals surface area contributed by atoms with E-state index in [0.717, 1.165) is 6.42 Å². The topological polar surface area (TPSA) is 38.3 Å². The normalized spacial score (nSPS) is 18.9. The summed E-state index contributed by atoms with van der Waals surface area (Å²) in [5.41, 5.74) is 0.361. The second-order valence-electron chi connectivity index (χ2n) is 11.4. The van der Waals surface area contributed by atoms with E-state index in [1.807, 2.05) is 0 Å². The molecule has 5 heteroatoms. The number of hydrogen-bond donors (Lipinski definition) is 1. The maximum absolute atomic E-state index is 12.6. The van der Waals surface area contributed by atoms with Gasteiger partial charge in [0.15, 0.2) is 0 Å². The predicted molar refractivity (Wildman–Crippen MR) is 152 cm³/mol. The first-order valence-electron chi connectivity index (χ1n) is 12.8. The molecule has 0 spiro atoms. The maximum atomic E-state index is 12.6. The zero-order valence-corrected chi connectivity index (χ0v) is 23.8. The number of rotatable bonds is 8. The van der Waals surface area contributed by atoms with E-state index in [4.69, 9.17) is 4.43 Å². The molecule has 2 atom stereocenters. The van der Waals surface area contributed by atoms with Crippen LogP contribution < -0.4 is 20.9 Å². The van der Waals surface area contributed by atoms with Gasteiger partial charge in [0.1, 0.15) is 0 Å². The first-order chi connectivity index (χ1) is 16.7. The highest BCUT2D eigenvalue weighted by Gasteiger charge is 2.50. The zero-order valence-electron chi connectivity index (χ0n) is 21.8. The van der Waals surface area contributed by atoms with Gasteiger partial charge in [-0.15, -0.1) is 0 Å². The second-order valence-corrected chi connectivity index (χ2v) is 20.4. The molecule has 3 aromatic carbocycles. The van der Waals surface area contributed by atoms with E-state index in [9.17, 15) is 4.79 Å². The van der Waals surface area contributed by atoms with Crippen LogP contribution in [0.5, 0.6) is 0 Å². The minimum absolute atomic E-state index is 0.0495. The minimum atomic E-state index is -2.57. The molecule has 1 N–H and O–H groups in total. The first-order valence-corrected chi connectivity index (χ1v) is 17.7. The number of amides is 1. The van der Waals surface area contributed by atoms with Crippen LogP contribution in [0.2, 0.25) is 23.7 Å². The van der Waals surface area contributed by atoms with Crippen molar-refractivity contribution in [3.8, 4) is 0 Å². The summed E-state index contributed by atoms with van der Waals surface area (Å²) < 4.78 is 7.13. The summed E-state index contributed by atoms with van der Waals surface area (Å²) in [5.74, 6) is 0.182. The van der Waals surface area contributed by atoms with E-state index in [-0.39, 0.29) is 17.0 Å². The average Bonchev–Trinajstić information content (AvgIpc) is 3.24. The first kappa shape index (κ1) is 25.6. The summed E-state index contributed by atoms with van der Waals surface area (Å²) in [6.45, 7) is 12.4. The summed E-state index contributed by atoms with van der Waals surface area (Å²) in [6, 6.07) is 32.5. The number of hydrogen-bond acceptors (Lipinski definition) is 2. The van der Waals surface area contributed by atoms with Gasteiger partial charge in [0.2, 0.25) is 5.91 Å². The molecule has 1 heterocycles. The van der Waals surface area contributed by atoms with Crippen LogP contribution in [0.15, 0.2) is 91.0 Å². The number of carbonyl (C=O) groups is 1. The lowest BCUT2D eigenvalue weighted by Gasteiger charge is -2.43. The molecule has 0 aliphatic carbocycles. The number of carbonyl (C=O) groups excluding carboxylic acids is 1. The summed E-state index contributed by atoms with van der Waals surface area (Å²) in [5, 5.41) is 7.27. The Morgan fingerprint density at radius 1 is 0.800 bits per heavy atom. The SMILES string of the molecule is CC(C)(C)[Si](OCC[C@H]1NC(=O)C[C@@H]1[Si](C)(C)c1ccccc1)(c1ccccc1)c1ccccc1. The van der Waals surface area contributed by atoms with Crippen molar-refractivity contribution in [2.75, 3.05) is 6.61 Å². The van der Waals surface area contributed by atoms with Crippen molar-refractivity contribution in [1.82, 2.24) is 5.32 Å². The molecule has 1 saturated heterocycles. The smallest absolute Gasteiger partial charge is 0.261 e. The molecule has 1 amide bonds. The summed E-state index contributed by atoms with van der Waals surface area (Å²) >= 11 is 0. The van der Waals surface area contributed by atoms with Crippen molar-refractivity contribution >= 4 is 37.9 Å². The van der Waals surface area contributed by atoms with Gasteiger partial charge in [-0.25, -0.2) is 0 Å². The Hall–Kier alpha value is -2.48. The van der Waals surface area contributed by atoms with Crippen molar-refractivity contribution < 1.29 is 9.22 Å². The zero-order chi connectivity index (χ0) is 25.1. The van der Waals surface area contributed by atoms with Gasteiger partial charge >= 0.3 is 0 Å². The third-order valence-corrected chi connectivity index (χ3v) is 17.2. The summed E-state index contributed by atoms with van der Waals surface area (Å²) in [7, 11) is -4.41. The fourth-order valence-corrected chi connectivity index (χ4v) is 13.9. The molecule has 3 aromatic rings. The molecule has 1 aliphatic heterocycles. The molecule has 0 radical (unpaired) electrons. The Kier molecular flexibility index (Phi) is 7.50. The predicted octanol–water partition coefficient (Wildman–Crippen LogP) is 4.83. The van der Waals surface area contributed by atoms with Gasteiger partial charge in [0, 0.05) is 19.1 Å². The fourth-order valence-electron chi connectivity index (χ4n) is 5.92. The van der Waals surface area contributed by atoms with Crippen LogP contribution in [-0.4, -0.2) is 34.9 Å². The van der Waals surface area contributed by atoms with Gasteiger partial charge in [-0.3, -0.25) is 4.79 Å².